The Morgan fingerprint density at radius 1 is 1.29 bits per heavy atom. The van der Waals surface area contributed by atoms with Crippen LogP contribution in [0.1, 0.15) is 49.8 Å². The molecule has 1 amide bonds. The third kappa shape index (κ3) is 4.50. The van der Waals surface area contributed by atoms with Crippen LogP contribution in [0.2, 0.25) is 0 Å². The number of carbonyl (C=O) groups is 1. The number of nitrogens with one attached hydrogen (secondary N) is 1. The van der Waals surface area contributed by atoms with Gasteiger partial charge in [0.15, 0.2) is 0 Å². The molecule has 2 saturated carbocycles. The van der Waals surface area contributed by atoms with Crippen LogP contribution < -0.4 is 5.32 Å². The molecule has 1 aromatic carbocycles. The summed E-state index contributed by atoms with van der Waals surface area (Å²) in [5.74, 6) is 0.580. The van der Waals surface area contributed by atoms with Gasteiger partial charge in [0, 0.05) is 18.6 Å². The Hall–Kier alpha value is -1.56. The van der Waals surface area contributed by atoms with Crippen LogP contribution in [0.4, 0.5) is 13.2 Å². The second-order valence-corrected chi connectivity index (χ2v) is 6.95. The number of nitrogens with zero attached hydrogens (tertiary/aromatic N) is 1. The van der Waals surface area contributed by atoms with Gasteiger partial charge in [-0.25, -0.2) is 0 Å². The first-order chi connectivity index (χ1) is 11.3. The van der Waals surface area contributed by atoms with E-state index < -0.39 is 11.7 Å². The van der Waals surface area contributed by atoms with Gasteiger partial charge in [-0.3, -0.25) is 9.69 Å². The summed E-state index contributed by atoms with van der Waals surface area (Å²) in [6.07, 6.45) is 0.000701. The highest BCUT2D eigenvalue weighted by Crippen LogP contribution is 2.36. The van der Waals surface area contributed by atoms with Crippen LogP contribution in [-0.2, 0) is 11.0 Å². The second-order valence-electron chi connectivity index (χ2n) is 6.95. The maximum atomic E-state index is 12.9. The van der Waals surface area contributed by atoms with E-state index in [-0.39, 0.29) is 18.5 Å². The number of hydrogen-bond donors (Lipinski definition) is 1. The van der Waals surface area contributed by atoms with E-state index in [4.69, 9.17) is 0 Å². The van der Waals surface area contributed by atoms with Crippen LogP contribution in [0.3, 0.4) is 0 Å². The molecule has 2 aliphatic rings. The number of halogens is 3. The summed E-state index contributed by atoms with van der Waals surface area (Å²) < 4.78 is 38.8. The molecular formula is C18H23F3N2O. The summed E-state index contributed by atoms with van der Waals surface area (Å²) in [5.41, 5.74) is -0.0347. The summed E-state index contributed by atoms with van der Waals surface area (Å²) in [6.45, 7) is 2.84. The van der Waals surface area contributed by atoms with E-state index in [1.807, 2.05) is 11.8 Å². The molecule has 3 nitrogen and oxygen atoms in total. The molecule has 24 heavy (non-hydrogen) atoms. The van der Waals surface area contributed by atoms with Crippen molar-refractivity contribution < 1.29 is 18.0 Å². The number of carbonyl (C=O) groups excluding carboxylic acids is 1. The zero-order chi connectivity index (χ0) is 17.3. The first-order valence-corrected chi connectivity index (χ1v) is 8.54. The van der Waals surface area contributed by atoms with Gasteiger partial charge in [0.25, 0.3) is 0 Å². The standard InChI is InChI=1S/C18H23F3N2O/c1-12(14-3-2-4-15(9-14)18(19,20)21)23(16-7-8-16)11-17(24)22-10-13-5-6-13/h2-4,9,12-13,16H,5-8,10-11H2,1H3,(H,22,24). The number of amides is 1. The quantitative estimate of drug-likeness (QED) is 0.820. The molecule has 0 saturated heterocycles. The van der Waals surface area contributed by atoms with Crippen LogP contribution in [0.5, 0.6) is 0 Å². The summed E-state index contributed by atoms with van der Waals surface area (Å²) in [4.78, 5) is 14.2. The van der Waals surface area contributed by atoms with Gasteiger partial charge >= 0.3 is 6.18 Å². The Bertz CT molecular complexity index is 594. The van der Waals surface area contributed by atoms with Gasteiger partial charge in [-0.15, -0.1) is 0 Å². The minimum absolute atomic E-state index is 0.0346. The van der Waals surface area contributed by atoms with E-state index in [1.54, 1.807) is 6.07 Å². The van der Waals surface area contributed by atoms with Gasteiger partial charge in [0.05, 0.1) is 12.1 Å². The average Bonchev–Trinajstić information content (AvgIpc) is 3.43. The van der Waals surface area contributed by atoms with E-state index >= 15 is 0 Å². The number of alkyl halides is 3. The largest absolute Gasteiger partial charge is 0.416 e. The fraction of sp³-hybridized carbons (Fsp3) is 0.611. The van der Waals surface area contributed by atoms with E-state index in [2.05, 4.69) is 5.32 Å². The smallest absolute Gasteiger partial charge is 0.355 e. The highest BCUT2D eigenvalue weighted by Gasteiger charge is 2.36. The molecule has 3 rings (SSSR count). The lowest BCUT2D eigenvalue weighted by molar-refractivity contribution is -0.137. The van der Waals surface area contributed by atoms with Crippen LogP contribution in [0, 0.1) is 5.92 Å². The summed E-state index contributed by atoms with van der Waals surface area (Å²) in [5, 5.41) is 2.94. The van der Waals surface area contributed by atoms with Gasteiger partial charge in [-0.05, 0) is 56.2 Å². The Labute approximate surface area is 140 Å². The third-order valence-corrected chi connectivity index (χ3v) is 4.82. The fourth-order valence-corrected chi connectivity index (χ4v) is 2.96. The second kappa shape index (κ2) is 6.75. The van der Waals surface area contributed by atoms with Crippen molar-refractivity contribution in [2.24, 2.45) is 5.92 Å². The number of benzene rings is 1. The average molecular weight is 340 g/mol. The lowest BCUT2D eigenvalue weighted by Gasteiger charge is -2.29. The molecular weight excluding hydrogens is 317 g/mol. The SMILES string of the molecule is CC(c1cccc(C(F)(F)F)c1)N(CC(=O)NCC1CC1)C1CC1. The zero-order valence-corrected chi connectivity index (χ0v) is 13.8. The molecule has 1 N–H and O–H groups in total. The minimum Gasteiger partial charge on any atom is -0.355 e. The van der Waals surface area contributed by atoms with Crippen LogP contribution in [-0.4, -0.2) is 29.9 Å². The lowest BCUT2D eigenvalue weighted by Crippen LogP contribution is -2.40. The first-order valence-electron chi connectivity index (χ1n) is 8.54. The van der Waals surface area contributed by atoms with Crippen molar-refractivity contribution in [3.63, 3.8) is 0 Å². The predicted molar refractivity (Wildman–Crippen MR) is 85.3 cm³/mol. The molecule has 1 unspecified atom stereocenters. The molecule has 132 valence electrons. The highest BCUT2D eigenvalue weighted by atomic mass is 19.4. The van der Waals surface area contributed by atoms with E-state index in [1.165, 1.54) is 25.0 Å². The summed E-state index contributed by atoms with van der Waals surface area (Å²) in [7, 11) is 0. The summed E-state index contributed by atoms with van der Waals surface area (Å²) >= 11 is 0. The zero-order valence-electron chi connectivity index (χ0n) is 13.8. The maximum Gasteiger partial charge on any atom is 0.416 e. The minimum atomic E-state index is -4.35. The molecule has 2 aliphatic carbocycles. The van der Waals surface area contributed by atoms with Gasteiger partial charge in [-0.1, -0.05) is 12.1 Å². The lowest BCUT2D eigenvalue weighted by atomic mass is 10.0. The molecule has 2 fully saturated rings. The molecule has 1 aromatic rings. The highest BCUT2D eigenvalue weighted by molar-refractivity contribution is 5.78. The number of hydrogen-bond acceptors (Lipinski definition) is 2. The van der Waals surface area contributed by atoms with Gasteiger partial charge in [0.1, 0.15) is 0 Å². The molecule has 0 radical (unpaired) electrons. The van der Waals surface area contributed by atoms with E-state index in [9.17, 15) is 18.0 Å². The molecule has 0 heterocycles. The van der Waals surface area contributed by atoms with Crippen molar-refractivity contribution in [3.8, 4) is 0 Å². The fourth-order valence-electron chi connectivity index (χ4n) is 2.96. The molecule has 0 aromatic heterocycles. The third-order valence-electron chi connectivity index (χ3n) is 4.82. The monoisotopic (exact) mass is 340 g/mol. The Morgan fingerprint density at radius 3 is 2.58 bits per heavy atom. The van der Waals surface area contributed by atoms with Gasteiger partial charge < -0.3 is 5.32 Å². The molecule has 0 spiro atoms. The topological polar surface area (TPSA) is 32.3 Å². The van der Waals surface area contributed by atoms with Crippen molar-refractivity contribution >= 4 is 5.91 Å². The number of rotatable bonds is 7. The van der Waals surface area contributed by atoms with Gasteiger partial charge in [-0.2, -0.15) is 13.2 Å². The molecule has 6 heteroatoms. The molecule has 0 aliphatic heterocycles. The maximum absolute atomic E-state index is 12.9. The van der Waals surface area contributed by atoms with Crippen LogP contribution in [0.25, 0.3) is 0 Å². The molecule has 0 bridgehead atoms. The first kappa shape index (κ1) is 17.3. The van der Waals surface area contributed by atoms with E-state index in [0.29, 0.717) is 17.5 Å². The van der Waals surface area contributed by atoms with E-state index in [0.717, 1.165) is 25.5 Å². The van der Waals surface area contributed by atoms with Crippen molar-refractivity contribution in [1.29, 1.82) is 0 Å². The Balaban J connectivity index is 1.67. The summed E-state index contributed by atoms with van der Waals surface area (Å²) in [6, 6.07) is 5.50. The van der Waals surface area contributed by atoms with Crippen molar-refractivity contribution in [2.45, 2.75) is 50.9 Å². The van der Waals surface area contributed by atoms with Crippen LogP contribution in [0.15, 0.2) is 24.3 Å². The van der Waals surface area contributed by atoms with Crippen molar-refractivity contribution in [1.82, 2.24) is 10.2 Å². The normalized spacial score (nSPS) is 19.4. The van der Waals surface area contributed by atoms with Crippen molar-refractivity contribution in [3.05, 3.63) is 35.4 Å². The van der Waals surface area contributed by atoms with Crippen LogP contribution >= 0.6 is 0 Å². The van der Waals surface area contributed by atoms with Crippen molar-refractivity contribution in [2.75, 3.05) is 13.1 Å². The molecule has 1 atom stereocenters. The Kier molecular flexibility index (Phi) is 4.85. The Morgan fingerprint density at radius 2 is 2.00 bits per heavy atom. The predicted octanol–water partition coefficient (Wildman–Crippen LogP) is 3.76. The van der Waals surface area contributed by atoms with Gasteiger partial charge in [0.2, 0.25) is 5.91 Å².